The van der Waals surface area contributed by atoms with Gasteiger partial charge in [0.25, 0.3) is 5.91 Å². The molecule has 0 bridgehead atoms. The second-order valence-corrected chi connectivity index (χ2v) is 8.55. The molecule has 3 heterocycles. The molecule has 1 N–H and O–H groups in total. The van der Waals surface area contributed by atoms with E-state index in [2.05, 4.69) is 10.4 Å². The summed E-state index contributed by atoms with van der Waals surface area (Å²) in [4.78, 5) is 42.1. The van der Waals surface area contributed by atoms with Gasteiger partial charge >= 0.3 is 0 Å². The van der Waals surface area contributed by atoms with Crippen LogP contribution in [0.4, 0.5) is 5.69 Å². The fraction of sp³-hybridized carbons (Fsp3) is 0.500. The first-order chi connectivity index (χ1) is 16.0. The highest BCUT2D eigenvalue weighted by molar-refractivity contribution is 5.96. The number of amides is 3. The largest absolute Gasteiger partial charge is 0.372 e. The molecule has 1 saturated heterocycles. The summed E-state index contributed by atoms with van der Waals surface area (Å²) < 4.78 is 7.01. The van der Waals surface area contributed by atoms with E-state index in [-0.39, 0.29) is 30.2 Å². The zero-order chi connectivity index (χ0) is 23.4. The SMILES string of the molecule is CCOCC(=O)N1CCc2c(c(C(=O)N3CCC[C@@H](C(=O)Nc4ccccc4)C3)nn2C)C1. The first kappa shape index (κ1) is 23.0. The Kier molecular flexibility index (Phi) is 7.08. The van der Waals surface area contributed by atoms with Crippen molar-refractivity contribution < 1.29 is 19.1 Å². The van der Waals surface area contributed by atoms with E-state index in [1.54, 1.807) is 14.5 Å². The number of benzene rings is 1. The van der Waals surface area contributed by atoms with Gasteiger partial charge in [0.1, 0.15) is 6.61 Å². The van der Waals surface area contributed by atoms with Gasteiger partial charge in [-0.05, 0) is 31.9 Å². The molecule has 0 radical (unpaired) electrons. The highest BCUT2D eigenvalue weighted by Gasteiger charge is 2.34. The minimum atomic E-state index is -0.272. The first-order valence-corrected chi connectivity index (χ1v) is 11.5. The molecule has 2 aromatic rings. The number of nitrogens with one attached hydrogen (secondary N) is 1. The number of anilines is 1. The molecule has 0 unspecified atom stereocenters. The molecule has 3 amide bonds. The Balaban J connectivity index is 1.46. The van der Waals surface area contributed by atoms with Crippen LogP contribution >= 0.6 is 0 Å². The summed E-state index contributed by atoms with van der Waals surface area (Å²) in [5.74, 6) is -0.607. The summed E-state index contributed by atoms with van der Waals surface area (Å²) in [5, 5.41) is 7.46. The lowest BCUT2D eigenvalue weighted by Gasteiger charge is -2.32. The van der Waals surface area contributed by atoms with Crippen molar-refractivity contribution in [3.05, 3.63) is 47.3 Å². The summed E-state index contributed by atoms with van der Waals surface area (Å²) in [7, 11) is 1.83. The summed E-state index contributed by atoms with van der Waals surface area (Å²) in [6.45, 7) is 4.25. The average molecular weight is 454 g/mol. The van der Waals surface area contributed by atoms with Crippen LogP contribution in [0.5, 0.6) is 0 Å². The molecule has 2 aliphatic heterocycles. The molecular formula is C24H31N5O4. The van der Waals surface area contributed by atoms with Gasteiger partial charge in [-0.25, -0.2) is 0 Å². The normalized spacial score (nSPS) is 18.1. The van der Waals surface area contributed by atoms with Crippen LogP contribution in [-0.4, -0.2) is 70.1 Å². The number of aryl methyl sites for hydroxylation is 1. The summed E-state index contributed by atoms with van der Waals surface area (Å²) in [6.07, 6.45) is 2.14. The van der Waals surface area contributed by atoms with Crippen LogP contribution in [-0.2, 0) is 34.3 Å². The lowest BCUT2D eigenvalue weighted by molar-refractivity contribution is -0.137. The molecule has 9 heteroatoms. The van der Waals surface area contributed by atoms with Crippen molar-refractivity contribution in [1.29, 1.82) is 0 Å². The Morgan fingerprint density at radius 3 is 2.70 bits per heavy atom. The molecule has 1 aromatic carbocycles. The number of piperidine rings is 1. The second kappa shape index (κ2) is 10.2. The van der Waals surface area contributed by atoms with Gasteiger partial charge in [0.2, 0.25) is 11.8 Å². The van der Waals surface area contributed by atoms with Crippen LogP contribution in [0.25, 0.3) is 0 Å². The van der Waals surface area contributed by atoms with Crippen molar-refractivity contribution in [3.8, 4) is 0 Å². The maximum Gasteiger partial charge on any atom is 0.274 e. The molecule has 1 atom stereocenters. The number of hydrogen-bond acceptors (Lipinski definition) is 5. The van der Waals surface area contributed by atoms with Crippen LogP contribution in [0.15, 0.2) is 30.3 Å². The topological polar surface area (TPSA) is 96.8 Å². The fourth-order valence-electron chi connectivity index (χ4n) is 4.55. The second-order valence-electron chi connectivity index (χ2n) is 8.55. The monoisotopic (exact) mass is 453 g/mol. The van der Waals surface area contributed by atoms with Crippen molar-refractivity contribution in [3.63, 3.8) is 0 Å². The Labute approximate surface area is 193 Å². The number of aromatic nitrogens is 2. The van der Waals surface area contributed by atoms with E-state index in [0.29, 0.717) is 44.9 Å². The third kappa shape index (κ3) is 5.08. The van der Waals surface area contributed by atoms with Crippen LogP contribution < -0.4 is 5.32 Å². The zero-order valence-corrected chi connectivity index (χ0v) is 19.2. The maximum absolute atomic E-state index is 13.5. The van der Waals surface area contributed by atoms with E-state index in [1.807, 2.05) is 44.3 Å². The number of para-hydroxylation sites is 1. The summed E-state index contributed by atoms with van der Waals surface area (Å²) in [6, 6.07) is 9.35. The van der Waals surface area contributed by atoms with Gasteiger partial charge in [-0.3, -0.25) is 19.1 Å². The van der Waals surface area contributed by atoms with Crippen molar-refractivity contribution in [2.75, 3.05) is 38.2 Å². The number of ether oxygens (including phenoxy) is 1. The number of carbonyl (C=O) groups excluding carboxylic acids is 3. The summed E-state index contributed by atoms with van der Waals surface area (Å²) in [5.41, 5.74) is 2.91. The van der Waals surface area contributed by atoms with Crippen LogP contribution in [0.2, 0.25) is 0 Å². The van der Waals surface area contributed by atoms with Gasteiger partial charge in [-0.2, -0.15) is 5.10 Å². The smallest absolute Gasteiger partial charge is 0.274 e. The molecule has 1 fully saturated rings. The number of likely N-dealkylation sites (tertiary alicyclic amines) is 1. The van der Waals surface area contributed by atoms with Crippen LogP contribution in [0.3, 0.4) is 0 Å². The predicted octanol–water partition coefficient (Wildman–Crippen LogP) is 1.83. The Morgan fingerprint density at radius 2 is 1.94 bits per heavy atom. The zero-order valence-electron chi connectivity index (χ0n) is 19.2. The Morgan fingerprint density at radius 1 is 1.15 bits per heavy atom. The van der Waals surface area contributed by atoms with E-state index in [1.165, 1.54) is 0 Å². The standard InChI is InChI=1S/C24H31N5O4/c1-3-33-16-21(30)28-13-11-20-19(15-28)22(26-27(20)2)24(32)29-12-7-8-17(14-29)23(31)25-18-9-5-4-6-10-18/h4-6,9-10,17H,3,7-8,11-16H2,1-2H3,(H,25,31)/t17-/m1/s1. The highest BCUT2D eigenvalue weighted by Crippen LogP contribution is 2.26. The third-order valence-electron chi connectivity index (χ3n) is 6.35. The van der Waals surface area contributed by atoms with Gasteiger partial charge in [0, 0.05) is 63.2 Å². The maximum atomic E-state index is 13.5. The molecule has 1 aromatic heterocycles. The van der Waals surface area contributed by atoms with E-state index >= 15 is 0 Å². The van der Waals surface area contributed by atoms with Gasteiger partial charge in [-0.15, -0.1) is 0 Å². The average Bonchev–Trinajstić information content (AvgIpc) is 3.18. The molecule has 0 spiro atoms. The minimum absolute atomic E-state index is 0.0414. The Bertz CT molecular complexity index is 1020. The molecule has 0 aliphatic carbocycles. The highest BCUT2D eigenvalue weighted by atomic mass is 16.5. The van der Waals surface area contributed by atoms with E-state index in [9.17, 15) is 14.4 Å². The van der Waals surface area contributed by atoms with Crippen molar-refractivity contribution in [2.45, 2.75) is 32.7 Å². The number of carbonyl (C=O) groups is 3. The van der Waals surface area contributed by atoms with Crippen molar-refractivity contribution >= 4 is 23.4 Å². The van der Waals surface area contributed by atoms with Crippen molar-refractivity contribution in [1.82, 2.24) is 19.6 Å². The van der Waals surface area contributed by atoms with E-state index in [4.69, 9.17) is 4.74 Å². The number of nitrogens with zero attached hydrogens (tertiary/aromatic N) is 4. The lowest BCUT2D eigenvalue weighted by Crippen LogP contribution is -2.44. The molecule has 9 nitrogen and oxygen atoms in total. The molecule has 0 saturated carbocycles. The summed E-state index contributed by atoms with van der Waals surface area (Å²) >= 11 is 0. The number of hydrogen-bond donors (Lipinski definition) is 1. The van der Waals surface area contributed by atoms with E-state index in [0.717, 1.165) is 29.8 Å². The minimum Gasteiger partial charge on any atom is -0.372 e. The quantitative estimate of drug-likeness (QED) is 0.720. The van der Waals surface area contributed by atoms with Gasteiger partial charge < -0.3 is 19.9 Å². The Hall–Kier alpha value is -3.20. The molecular weight excluding hydrogens is 422 g/mol. The van der Waals surface area contributed by atoms with Crippen molar-refractivity contribution in [2.24, 2.45) is 13.0 Å². The third-order valence-corrected chi connectivity index (χ3v) is 6.35. The van der Waals surface area contributed by atoms with Crippen LogP contribution in [0, 0.1) is 5.92 Å². The number of rotatable bonds is 6. The number of fused-ring (bicyclic) bond motifs is 1. The van der Waals surface area contributed by atoms with Crippen LogP contribution in [0.1, 0.15) is 41.5 Å². The molecule has 2 aliphatic rings. The first-order valence-electron chi connectivity index (χ1n) is 11.5. The van der Waals surface area contributed by atoms with Gasteiger partial charge in [0.05, 0.1) is 5.92 Å². The fourth-order valence-corrected chi connectivity index (χ4v) is 4.55. The van der Waals surface area contributed by atoms with E-state index < -0.39 is 0 Å². The van der Waals surface area contributed by atoms with Gasteiger partial charge in [0.15, 0.2) is 5.69 Å². The van der Waals surface area contributed by atoms with Gasteiger partial charge in [-0.1, -0.05) is 18.2 Å². The predicted molar refractivity (Wildman–Crippen MR) is 123 cm³/mol. The molecule has 176 valence electrons. The lowest BCUT2D eigenvalue weighted by atomic mass is 9.96. The molecule has 33 heavy (non-hydrogen) atoms. The molecule has 4 rings (SSSR count).